The Bertz CT molecular complexity index is 539. The summed E-state index contributed by atoms with van der Waals surface area (Å²) in [5.74, 6) is 0.529. The maximum Gasteiger partial charge on any atom is 0.207 e. The van der Waals surface area contributed by atoms with Crippen molar-refractivity contribution < 1.29 is 9.13 Å². The first-order valence-electron chi connectivity index (χ1n) is 6.25. The Morgan fingerprint density at radius 3 is 3.00 bits per heavy atom. The van der Waals surface area contributed by atoms with Crippen LogP contribution in [0, 0.1) is 12.7 Å². The Morgan fingerprint density at radius 2 is 2.26 bits per heavy atom. The number of halogens is 1. The van der Waals surface area contributed by atoms with Crippen molar-refractivity contribution in [3.8, 4) is 5.69 Å². The number of rotatable bonds is 6. The molecule has 1 N–H and O–H groups in total. The molecular weight excluding hydrogens is 245 g/mol. The molecule has 0 spiro atoms. The molecule has 0 aliphatic carbocycles. The third-order valence-corrected chi connectivity index (χ3v) is 2.87. The lowest BCUT2D eigenvalue weighted by Crippen LogP contribution is -2.10. The Balaban J connectivity index is 2.14. The molecule has 0 radical (unpaired) electrons. The molecule has 0 saturated carbocycles. The summed E-state index contributed by atoms with van der Waals surface area (Å²) in [6.07, 6.45) is 4.49. The molecular formula is C14H18FN3O. The van der Waals surface area contributed by atoms with Crippen LogP contribution in [0.3, 0.4) is 0 Å². The quantitative estimate of drug-likeness (QED) is 0.814. The number of anilines is 1. The van der Waals surface area contributed by atoms with Gasteiger partial charge in [-0.05, 0) is 37.1 Å². The summed E-state index contributed by atoms with van der Waals surface area (Å²) >= 11 is 0. The Labute approximate surface area is 112 Å². The van der Waals surface area contributed by atoms with Crippen LogP contribution >= 0.6 is 0 Å². The Hall–Kier alpha value is -1.88. The highest BCUT2D eigenvalue weighted by Gasteiger charge is 2.07. The van der Waals surface area contributed by atoms with Crippen molar-refractivity contribution in [3.63, 3.8) is 0 Å². The van der Waals surface area contributed by atoms with Crippen molar-refractivity contribution in [1.82, 2.24) is 9.55 Å². The van der Waals surface area contributed by atoms with E-state index in [4.69, 9.17) is 4.74 Å². The number of methoxy groups -OCH3 is 1. The molecule has 2 aromatic rings. The number of hydrogen-bond donors (Lipinski definition) is 1. The third kappa shape index (κ3) is 3.32. The fraction of sp³-hybridized carbons (Fsp3) is 0.357. The number of aryl methyl sites for hydroxylation is 1. The van der Waals surface area contributed by atoms with Crippen LogP contribution in [0.25, 0.3) is 5.69 Å². The summed E-state index contributed by atoms with van der Waals surface area (Å²) in [7, 11) is 1.68. The SMILES string of the molecule is COCCCNc1nccn1-c1ccc(F)cc1C. The molecule has 19 heavy (non-hydrogen) atoms. The first kappa shape index (κ1) is 13.5. The molecule has 0 amide bonds. The minimum atomic E-state index is -0.226. The summed E-state index contributed by atoms with van der Waals surface area (Å²) in [5.41, 5.74) is 1.80. The predicted octanol–water partition coefficient (Wildman–Crippen LogP) is 2.77. The largest absolute Gasteiger partial charge is 0.385 e. The number of ether oxygens (including phenoxy) is 1. The van der Waals surface area contributed by atoms with Crippen molar-refractivity contribution in [2.24, 2.45) is 0 Å². The topological polar surface area (TPSA) is 39.1 Å². The van der Waals surface area contributed by atoms with E-state index in [2.05, 4.69) is 10.3 Å². The van der Waals surface area contributed by atoms with Crippen LogP contribution in [-0.4, -0.2) is 29.8 Å². The molecule has 2 rings (SSSR count). The van der Waals surface area contributed by atoms with E-state index in [1.54, 1.807) is 19.4 Å². The predicted molar refractivity (Wildman–Crippen MR) is 73.2 cm³/mol. The van der Waals surface area contributed by atoms with Gasteiger partial charge < -0.3 is 10.1 Å². The summed E-state index contributed by atoms with van der Waals surface area (Å²) in [6.45, 7) is 3.38. The Morgan fingerprint density at radius 1 is 1.42 bits per heavy atom. The fourth-order valence-corrected chi connectivity index (χ4v) is 1.93. The maximum absolute atomic E-state index is 13.1. The van der Waals surface area contributed by atoms with Crippen LogP contribution in [0.2, 0.25) is 0 Å². The van der Waals surface area contributed by atoms with Gasteiger partial charge in [-0.25, -0.2) is 9.37 Å². The molecule has 0 aliphatic rings. The number of benzene rings is 1. The van der Waals surface area contributed by atoms with Crippen LogP contribution in [0.4, 0.5) is 10.3 Å². The molecule has 4 nitrogen and oxygen atoms in total. The molecule has 1 aromatic heterocycles. The van der Waals surface area contributed by atoms with Gasteiger partial charge in [0.15, 0.2) is 0 Å². The number of aromatic nitrogens is 2. The highest BCUT2D eigenvalue weighted by molar-refractivity contribution is 5.46. The van der Waals surface area contributed by atoms with Gasteiger partial charge in [0.25, 0.3) is 0 Å². The van der Waals surface area contributed by atoms with Crippen molar-refractivity contribution in [3.05, 3.63) is 42.0 Å². The van der Waals surface area contributed by atoms with Gasteiger partial charge >= 0.3 is 0 Å². The van der Waals surface area contributed by atoms with E-state index in [0.717, 1.165) is 30.2 Å². The van der Waals surface area contributed by atoms with Crippen LogP contribution in [0.15, 0.2) is 30.6 Å². The van der Waals surface area contributed by atoms with Gasteiger partial charge in [-0.3, -0.25) is 4.57 Å². The molecule has 0 bridgehead atoms. The monoisotopic (exact) mass is 263 g/mol. The summed E-state index contributed by atoms with van der Waals surface area (Å²) < 4.78 is 20.0. The van der Waals surface area contributed by atoms with Gasteiger partial charge in [-0.1, -0.05) is 0 Å². The normalized spacial score (nSPS) is 10.7. The van der Waals surface area contributed by atoms with E-state index in [0.29, 0.717) is 6.61 Å². The van der Waals surface area contributed by atoms with Crippen LogP contribution in [0.5, 0.6) is 0 Å². The van der Waals surface area contributed by atoms with E-state index in [9.17, 15) is 4.39 Å². The minimum Gasteiger partial charge on any atom is -0.385 e. The van der Waals surface area contributed by atoms with Gasteiger partial charge in [0.05, 0.1) is 5.69 Å². The van der Waals surface area contributed by atoms with Gasteiger partial charge in [0.2, 0.25) is 5.95 Å². The van der Waals surface area contributed by atoms with Crippen LogP contribution in [0.1, 0.15) is 12.0 Å². The van der Waals surface area contributed by atoms with Gasteiger partial charge in [0, 0.05) is 32.7 Å². The lowest BCUT2D eigenvalue weighted by Gasteiger charge is -2.12. The van der Waals surface area contributed by atoms with Gasteiger partial charge in [-0.2, -0.15) is 0 Å². The third-order valence-electron chi connectivity index (χ3n) is 2.87. The molecule has 0 unspecified atom stereocenters. The fourth-order valence-electron chi connectivity index (χ4n) is 1.93. The molecule has 1 aromatic carbocycles. The zero-order valence-corrected chi connectivity index (χ0v) is 11.2. The maximum atomic E-state index is 13.1. The average Bonchev–Trinajstić information content (AvgIpc) is 2.83. The second kappa shape index (κ2) is 6.33. The number of hydrogen-bond acceptors (Lipinski definition) is 3. The van der Waals surface area contributed by atoms with Gasteiger partial charge in [0.1, 0.15) is 5.82 Å². The van der Waals surface area contributed by atoms with Crippen molar-refractivity contribution >= 4 is 5.95 Å². The standard InChI is InChI=1S/C14H18FN3O/c1-11-10-12(15)4-5-13(11)18-8-7-17-14(18)16-6-3-9-19-2/h4-5,7-8,10H,3,6,9H2,1-2H3,(H,16,17). The van der Waals surface area contributed by atoms with Crippen LogP contribution < -0.4 is 5.32 Å². The van der Waals surface area contributed by atoms with E-state index < -0.39 is 0 Å². The molecule has 102 valence electrons. The van der Waals surface area contributed by atoms with E-state index in [1.165, 1.54) is 12.1 Å². The van der Waals surface area contributed by atoms with Gasteiger partial charge in [-0.15, -0.1) is 0 Å². The van der Waals surface area contributed by atoms with Crippen molar-refractivity contribution in [2.45, 2.75) is 13.3 Å². The number of nitrogens with one attached hydrogen (secondary N) is 1. The minimum absolute atomic E-state index is 0.226. The second-order valence-electron chi connectivity index (χ2n) is 4.32. The molecule has 0 aliphatic heterocycles. The number of nitrogens with zero attached hydrogens (tertiary/aromatic N) is 2. The first-order chi connectivity index (χ1) is 9.22. The molecule has 0 fully saturated rings. The Kier molecular flexibility index (Phi) is 4.52. The zero-order chi connectivity index (χ0) is 13.7. The number of imidazole rings is 1. The highest BCUT2D eigenvalue weighted by atomic mass is 19.1. The second-order valence-corrected chi connectivity index (χ2v) is 4.32. The molecule has 0 saturated heterocycles. The lowest BCUT2D eigenvalue weighted by atomic mass is 10.2. The summed E-state index contributed by atoms with van der Waals surface area (Å²) in [5, 5.41) is 3.25. The van der Waals surface area contributed by atoms with E-state index in [1.807, 2.05) is 17.7 Å². The molecule has 5 heteroatoms. The first-order valence-corrected chi connectivity index (χ1v) is 6.25. The van der Waals surface area contributed by atoms with E-state index >= 15 is 0 Å². The highest BCUT2D eigenvalue weighted by Crippen LogP contribution is 2.19. The summed E-state index contributed by atoms with van der Waals surface area (Å²) in [6, 6.07) is 4.73. The van der Waals surface area contributed by atoms with E-state index in [-0.39, 0.29) is 5.82 Å². The van der Waals surface area contributed by atoms with Crippen LogP contribution in [-0.2, 0) is 4.74 Å². The zero-order valence-electron chi connectivity index (χ0n) is 11.2. The molecule has 1 heterocycles. The average molecular weight is 263 g/mol. The van der Waals surface area contributed by atoms with Crippen molar-refractivity contribution in [1.29, 1.82) is 0 Å². The summed E-state index contributed by atoms with van der Waals surface area (Å²) in [4.78, 5) is 4.27. The smallest absolute Gasteiger partial charge is 0.207 e. The lowest BCUT2D eigenvalue weighted by molar-refractivity contribution is 0.197. The molecule has 0 atom stereocenters. The van der Waals surface area contributed by atoms with Crippen molar-refractivity contribution in [2.75, 3.05) is 25.6 Å².